The van der Waals surface area contributed by atoms with E-state index in [0.29, 0.717) is 11.0 Å². The summed E-state index contributed by atoms with van der Waals surface area (Å²) < 4.78 is 7.97. The van der Waals surface area contributed by atoms with Gasteiger partial charge in [-0.25, -0.2) is 4.98 Å². The molecule has 0 aliphatic heterocycles. The average molecular weight is 363 g/mol. The molecule has 0 bridgehead atoms. The van der Waals surface area contributed by atoms with Crippen LogP contribution in [0.25, 0.3) is 0 Å². The molecule has 21 heavy (non-hydrogen) atoms. The lowest BCUT2D eigenvalue weighted by Crippen LogP contribution is -2.08. The van der Waals surface area contributed by atoms with Gasteiger partial charge in [0.25, 0.3) is 0 Å². The van der Waals surface area contributed by atoms with Crippen molar-refractivity contribution in [1.29, 1.82) is 0 Å². The van der Waals surface area contributed by atoms with Gasteiger partial charge in [0.15, 0.2) is 0 Å². The molecular formula is C14H16Cl2N2OS2. The van der Waals surface area contributed by atoms with Crippen molar-refractivity contribution in [3.05, 3.63) is 53.6 Å². The molecule has 0 spiro atoms. The Bertz CT molecular complexity index is 547. The van der Waals surface area contributed by atoms with Gasteiger partial charge in [-0.1, -0.05) is 35.5 Å². The molecule has 0 saturated carbocycles. The summed E-state index contributed by atoms with van der Waals surface area (Å²) in [6, 6.07) is 7.82. The topological polar surface area (TPSA) is 27.1 Å². The van der Waals surface area contributed by atoms with E-state index in [0.717, 1.165) is 17.1 Å². The minimum atomic E-state index is 0. The minimum Gasteiger partial charge on any atom is -0.479 e. The first-order valence-electron chi connectivity index (χ1n) is 6.23. The number of thioether (sulfide) groups is 1. The summed E-state index contributed by atoms with van der Waals surface area (Å²) in [6.45, 7) is 3.30. The second-order valence-electron chi connectivity index (χ2n) is 4.10. The summed E-state index contributed by atoms with van der Waals surface area (Å²) >= 11 is 12.7. The highest BCUT2D eigenvalue weighted by molar-refractivity contribution is 8.22. The van der Waals surface area contributed by atoms with E-state index in [1.807, 2.05) is 42.0 Å². The second-order valence-corrected chi connectivity index (χ2v) is 6.34. The quantitative estimate of drug-likeness (QED) is 0.716. The molecular weight excluding hydrogens is 347 g/mol. The summed E-state index contributed by atoms with van der Waals surface area (Å²) in [7, 11) is 0. The number of ether oxygens (including phenoxy) is 1. The average Bonchev–Trinajstić information content (AvgIpc) is 2.92. The van der Waals surface area contributed by atoms with Gasteiger partial charge in [-0.05, 0) is 36.8 Å². The zero-order valence-electron chi connectivity index (χ0n) is 11.4. The lowest BCUT2D eigenvalue weighted by atomic mass is 10.1. The maximum atomic E-state index is 5.94. The van der Waals surface area contributed by atoms with Gasteiger partial charge < -0.3 is 9.30 Å². The van der Waals surface area contributed by atoms with Gasteiger partial charge in [0.1, 0.15) is 0 Å². The van der Waals surface area contributed by atoms with Crippen molar-refractivity contribution < 1.29 is 4.74 Å². The Morgan fingerprint density at radius 1 is 1.43 bits per heavy atom. The summed E-state index contributed by atoms with van der Waals surface area (Å²) in [6.07, 6.45) is 5.50. The van der Waals surface area contributed by atoms with Gasteiger partial charge in [-0.2, -0.15) is 0 Å². The maximum absolute atomic E-state index is 5.94. The number of hydrogen-bond acceptors (Lipinski definition) is 4. The molecule has 0 aliphatic carbocycles. The number of benzene rings is 1. The molecule has 1 atom stereocenters. The largest absolute Gasteiger partial charge is 0.479 e. The van der Waals surface area contributed by atoms with Crippen LogP contribution >= 0.6 is 48.0 Å². The number of nitrogens with zero attached hydrogens (tertiary/aromatic N) is 2. The van der Waals surface area contributed by atoms with Crippen LogP contribution in [-0.2, 0) is 11.3 Å². The van der Waals surface area contributed by atoms with Crippen LogP contribution in [0, 0.1) is 0 Å². The van der Waals surface area contributed by atoms with Crippen molar-refractivity contribution in [3.63, 3.8) is 0 Å². The van der Waals surface area contributed by atoms with Crippen molar-refractivity contribution in [3.8, 4) is 0 Å². The molecule has 2 rings (SSSR count). The second kappa shape index (κ2) is 9.30. The van der Waals surface area contributed by atoms with Crippen molar-refractivity contribution in [1.82, 2.24) is 9.55 Å². The van der Waals surface area contributed by atoms with Crippen molar-refractivity contribution in [2.24, 2.45) is 0 Å². The third-order valence-corrected chi connectivity index (χ3v) is 4.35. The first-order valence-corrected chi connectivity index (χ1v) is 7.90. The molecule has 0 N–H and O–H groups in total. The fourth-order valence-corrected chi connectivity index (χ4v) is 3.29. The highest BCUT2D eigenvalue weighted by Crippen LogP contribution is 2.32. The molecule has 1 heterocycles. The van der Waals surface area contributed by atoms with Crippen LogP contribution in [0.5, 0.6) is 0 Å². The number of rotatable bonds is 5. The highest BCUT2D eigenvalue weighted by Gasteiger charge is 2.16. The van der Waals surface area contributed by atoms with Gasteiger partial charge in [-0.15, -0.1) is 12.4 Å². The molecule has 1 aromatic heterocycles. The summed E-state index contributed by atoms with van der Waals surface area (Å²) in [5.74, 6) is 0. The van der Waals surface area contributed by atoms with E-state index >= 15 is 0 Å². The lowest BCUT2D eigenvalue weighted by molar-refractivity contribution is 0.346. The number of imidazole rings is 1. The van der Waals surface area contributed by atoms with Crippen LogP contribution in [0.3, 0.4) is 0 Å². The third kappa shape index (κ3) is 5.87. The van der Waals surface area contributed by atoms with Gasteiger partial charge in [0.05, 0.1) is 18.2 Å². The van der Waals surface area contributed by atoms with Crippen LogP contribution in [0.4, 0.5) is 0 Å². The van der Waals surface area contributed by atoms with E-state index in [2.05, 4.69) is 4.98 Å². The monoisotopic (exact) mass is 362 g/mol. The fraction of sp³-hybridized carbons (Fsp3) is 0.286. The predicted molar refractivity (Wildman–Crippen MR) is 95.5 cm³/mol. The molecule has 0 amide bonds. The molecule has 7 heteroatoms. The van der Waals surface area contributed by atoms with Gasteiger partial charge in [-0.3, -0.25) is 0 Å². The first-order chi connectivity index (χ1) is 9.69. The van der Waals surface area contributed by atoms with Crippen LogP contribution in [0.2, 0.25) is 5.02 Å². The SMILES string of the molecule is CCOC(=S)SC(Cn1ccnc1)c1ccc(Cl)cc1.Cl. The molecule has 0 saturated heterocycles. The number of aromatic nitrogens is 2. The number of hydrogen-bond donors (Lipinski definition) is 0. The molecule has 2 aromatic rings. The number of halogens is 2. The Morgan fingerprint density at radius 3 is 2.71 bits per heavy atom. The van der Waals surface area contributed by atoms with E-state index in [4.69, 9.17) is 28.6 Å². The Hall–Kier alpha value is -0.750. The Kier molecular flexibility index (Phi) is 8.11. The van der Waals surface area contributed by atoms with Gasteiger partial charge in [0, 0.05) is 24.0 Å². The molecule has 0 fully saturated rings. The normalized spacial score (nSPS) is 11.5. The zero-order valence-corrected chi connectivity index (χ0v) is 14.6. The van der Waals surface area contributed by atoms with Gasteiger partial charge in [0.2, 0.25) is 4.38 Å². The molecule has 0 aliphatic rings. The van der Waals surface area contributed by atoms with E-state index < -0.39 is 0 Å². The predicted octanol–water partition coefficient (Wildman–Crippen LogP) is 4.75. The van der Waals surface area contributed by atoms with Crippen LogP contribution in [0.15, 0.2) is 43.0 Å². The summed E-state index contributed by atoms with van der Waals surface area (Å²) in [5.41, 5.74) is 1.16. The van der Waals surface area contributed by atoms with Crippen LogP contribution in [-0.4, -0.2) is 20.5 Å². The van der Waals surface area contributed by atoms with E-state index in [9.17, 15) is 0 Å². The minimum absolute atomic E-state index is 0. The Labute approximate surface area is 145 Å². The highest BCUT2D eigenvalue weighted by atomic mass is 35.5. The smallest absolute Gasteiger partial charge is 0.220 e. The Morgan fingerprint density at radius 2 is 2.14 bits per heavy atom. The van der Waals surface area contributed by atoms with E-state index in [1.54, 1.807) is 24.3 Å². The van der Waals surface area contributed by atoms with Crippen molar-refractivity contribution in [2.45, 2.75) is 18.7 Å². The maximum Gasteiger partial charge on any atom is 0.220 e. The van der Waals surface area contributed by atoms with Crippen LogP contribution < -0.4 is 0 Å². The standard InChI is InChI=1S/C14H15ClN2OS2.ClH/c1-2-18-14(19)20-13(9-17-8-7-16-10-17)11-3-5-12(15)6-4-11;/h3-8,10,13H,2,9H2,1H3;1H. The first kappa shape index (κ1) is 18.3. The molecule has 3 nitrogen and oxygen atoms in total. The molecule has 1 aromatic carbocycles. The molecule has 114 valence electrons. The summed E-state index contributed by atoms with van der Waals surface area (Å²) in [5, 5.41) is 0.896. The van der Waals surface area contributed by atoms with Crippen LogP contribution in [0.1, 0.15) is 17.7 Å². The fourth-order valence-electron chi connectivity index (χ4n) is 1.74. The van der Waals surface area contributed by atoms with Gasteiger partial charge >= 0.3 is 0 Å². The Balaban J connectivity index is 0.00000220. The lowest BCUT2D eigenvalue weighted by Gasteiger charge is -2.18. The van der Waals surface area contributed by atoms with E-state index in [-0.39, 0.29) is 17.7 Å². The van der Waals surface area contributed by atoms with Crippen molar-refractivity contribution in [2.75, 3.05) is 6.61 Å². The van der Waals surface area contributed by atoms with Crippen molar-refractivity contribution >= 4 is 52.4 Å². The third-order valence-electron chi connectivity index (χ3n) is 2.68. The number of thiocarbonyl (C=S) groups is 1. The molecule has 0 radical (unpaired) electrons. The zero-order chi connectivity index (χ0) is 14.4. The summed E-state index contributed by atoms with van der Waals surface area (Å²) in [4.78, 5) is 4.07. The van der Waals surface area contributed by atoms with E-state index in [1.165, 1.54) is 0 Å². The molecule has 1 unspecified atom stereocenters.